The minimum atomic E-state index is -5.08. The van der Waals surface area contributed by atoms with Crippen LogP contribution in [0.2, 0.25) is 0 Å². The highest BCUT2D eigenvalue weighted by Gasteiger charge is 2.49. The molecule has 13 heteroatoms. The van der Waals surface area contributed by atoms with Crippen LogP contribution in [0.5, 0.6) is 5.75 Å². The highest BCUT2D eigenvalue weighted by Crippen LogP contribution is 2.37. The van der Waals surface area contributed by atoms with Gasteiger partial charge in [0.25, 0.3) is 0 Å². The summed E-state index contributed by atoms with van der Waals surface area (Å²) in [6.07, 6.45) is -4.39. The molecular weight excluding hydrogens is 443 g/mol. The molecule has 0 unspecified atom stereocenters. The van der Waals surface area contributed by atoms with E-state index in [1.165, 1.54) is 4.31 Å². The number of nitrogens with one attached hydrogen (secondary N) is 1. The quantitative estimate of drug-likeness (QED) is 0.672. The van der Waals surface area contributed by atoms with E-state index in [1.807, 2.05) is 11.9 Å². The van der Waals surface area contributed by atoms with Gasteiger partial charge in [0.05, 0.1) is 18.0 Å². The van der Waals surface area contributed by atoms with Crippen LogP contribution < -0.4 is 10.1 Å². The number of halogens is 3. The fourth-order valence-electron chi connectivity index (χ4n) is 3.74. The van der Waals surface area contributed by atoms with Crippen LogP contribution in [0.3, 0.4) is 0 Å². The van der Waals surface area contributed by atoms with Crippen LogP contribution in [0.15, 0.2) is 29.2 Å². The van der Waals surface area contributed by atoms with Gasteiger partial charge in [0.15, 0.2) is 0 Å². The van der Waals surface area contributed by atoms with Gasteiger partial charge in [-0.2, -0.15) is 17.5 Å². The molecule has 2 saturated heterocycles. The second-order valence-electron chi connectivity index (χ2n) is 7.16. The van der Waals surface area contributed by atoms with E-state index in [0.29, 0.717) is 25.3 Å². The summed E-state index contributed by atoms with van der Waals surface area (Å²) in [7, 11) is 1.55. The number of hydrogen-bond acceptors (Lipinski definition) is 6. The molecule has 9 nitrogen and oxygen atoms in total. The van der Waals surface area contributed by atoms with Gasteiger partial charge in [-0.3, -0.25) is 9.69 Å². The number of likely N-dealkylation sites (N-methyl/N-ethyl adjacent to an activating group) is 2. The Morgan fingerprint density at radius 3 is 2.16 bits per heavy atom. The normalized spacial score (nSPS) is 24.1. The molecule has 174 valence electrons. The fraction of sp³-hybridized carbons (Fsp3) is 0.556. The molecule has 0 aromatic heterocycles. The Bertz CT molecular complexity index is 907. The Morgan fingerprint density at radius 1 is 1.19 bits per heavy atom. The number of aliphatic carboxylic acids is 1. The van der Waals surface area contributed by atoms with Gasteiger partial charge >= 0.3 is 12.1 Å². The fourth-order valence-corrected chi connectivity index (χ4v) is 5.26. The molecule has 0 saturated carbocycles. The first-order chi connectivity index (χ1) is 14.3. The summed E-state index contributed by atoms with van der Waals surface area (Å²) >= 11 is 0. The van der Waals surface area contributed by atoms with Crippen molar-refractivity contribution in [3.05, 3.63) is 24.3 Å². The topological polar surface area (TPSA) is 116 Å². The average molecular weight is 467 g/mol. The maximum absolute atomic E-state index is 12.8. The second kappa shape index (κ2) is 9.40. The number of likely N-dealkylation sites (tertiary alicyclic amines) is 1. The minimum absolute atomic E-state index is 0.00328. The van der Waals surface area contributed by atoms with Crippen molar-refractivity contribution in [1.29, 1.82) is 0 Å². The number of amides is 1. The third kappa shape index (κ3) is 5.46. The predicted molar refractivity (Wildman–Crippen MR) is 103 cm³/mol. The maximum atomic E-state index is 12.8. The number of benzene rings is 1. The summed E-state index contributed by atoms with van der Waals surface area (Å²) in [6.45, 7) is 0.875. The summed E-state index contributed by atoms with van der Waals surface area (Å²) < 4.78 is 64.0. The Morgan fingerprint density at radius 2 is 1.74 bits per heavy atom. The van der Waals surface area contributed by atoms with Gasteiger partial charge in [0.1, 0.15) is 5.75 Å². The van der Waals surface area contributed by atoms with Gasteiger partial charge in [-0.1, -0.05) is 0 Å². The number of alkyl halides is 3. The van der Waals surface area contributed by atoms with Gasteiger partial charge in [-0.15, -0.1) is 0 Å². The molecule has 0 radical (unpaired) electrons. The maximum Gasteiger partial charge on any atom is 0.490 e. The zero-order valence-electron chi connectivity index (χ0n) is 17.1. The summed E-state index contributed by atoms with van der Waals surface area (Å²) in [4.78, 5) is 23.1. The number of carbonyl (C=O) groups excluding carboxylic acids is 1. The SMILES string of the molecule is CNC(=O)[C@H]1C[C@@H]2CN(S(=O)(=O)c3ccc(OC)cc3)C[C@@H]2N1C.O=C(O)C(F)(F)F. The van der Waals surface area contributed by atoms with Crippen LogP contribution >= 0.6 is 0 Å². The largest absolute Gasteiger partial charge is 0.497 e. The highest BCUT2D eigenvalue weighted by molar-refractivity contribution is 7.89. The molecule has 0 bridgehead atoms. The van der Waals surface area contributed by atoms with E-state index in [-0.39, 0.29) is 28.8 Å². The molecule has 2 N–H and O–H groups in total. The molecule has 2 aliphatic heterocycles. The molecular formula is C18H24F3N3O6S. The van der Waals surface area contributed by atoms with E-state index < -0.39 is 22.2 Å². The smallest absolute Gasteiger partial charge is 0.490 e. The number of carbonyl (C=O) groups is 2. The molecule has 3 atom stereocenters. The highest BCUT2D eigenvalue weighted by atomic mass is 32.2. The van der Waals surface area contributed by atoms with E-state index in [0.717, 1.165) is 0 Å². The lowest BCUT2D eigenvalue weighted by molar-refractivity contribution is -0.192. The zero-order chi connectivity index (χ0) is 23.6. The van der Waals surface area contributed by atoms with Gasteiger partial charge in [0.2, 0.25) is 15.9 Å². The van der Waals surface area contributed by atoms with E-state index in [9.17, 15) is 26.4 Å². The van der Waals surface area contributed by atoms with E-state index >= 15 is 0 Å². The van der Waals surface area contributed by atoms with Crippen molar-refractivity contribution in [2.24, 2.45) is 5.92 Å². The standard InChI is InChI=1S/C16H23N3O4S.C2HF3O2/c1-17-16(20)14-8-11-9-19(10-15(11)18(14)2)24(21,22)13-6-4-12(23-3)5-7-13;3-2(4,5)1(6)7/h4-7,11,14-15H,8-10H2,1-3H3,(H,17,20);(H,6,7)/t11-,14-,15+;/m1./s1. The summed E-state index contributed by atoms with van der Waals surface area (Å²) in [5, 5.41) is 9.81. The van der Waals surface area contributed by atoms with Crippen LogP contribution in [0.25, 0.3) is 0 Å². The van der Waals surface area contributed by atoms with Gasteiger partial charge < -0.3 is 15.2 Å². The zero-order valence-corrected chi connectivity index (χ0v) is 17.9. The number of ether oxygens (including phenoxy) is 1. The summed E-state index contributed by atoms with van der Waals surface area (Å²) in [6, 6.07) is 6.35. The van der Waals surface area contributed by atoms with Gasteiger partial charge in [-0.25, -0.2) is 13.2 Å². The third-order valence-corrected chi connectivity index (χ3v) is 7.25. The number of carboxylic acid groups (broad SMARTS) is 1. The van der Waals surface area contributed by atoms with Crippen LogP contribution in [0.4, 0.5) is 13.2 Å². The van der Waals surface area contributed by atoms with Crippen LogP contribution in [0.1, 0.15) is 6.42 Å². The Balaban J connectivity index is 0.000000423. The van der Waals surface area contributed by atoms with E-state index in [1.54, 1.807) is 38.4 Å². The minimum Gasteiger partial charge on any atom is -0.497 e. The number of carboxylic acids is 1. The summed E-state index contributed by atoms with van der Waals surface area (Å²) in [5.74, 6) is -1.95. The number of rotatable bonds is 4. The first-order valence-electron chi connectivity index (χ1n) is 9.20. The van der Waals surface area contributed by atoms with E-state index in [4.69, 9.17) is 14.6 Å². The molecule has 0 aliphatic carbocycles. The predicted octanol–water partition coefficient (Wildman–Crippen LogP) is 0.768. The third-order valence-electron chi connectivity index (χ3n) is 5.40. The number of hydrogen-bond donors (Lipinski definition) is 2. The van der Waals surface area contributed by atoms with Crippen molar-refractivity contribution in [3.8, 4) is 5.75 Å². The molecule has 2 fully saturated rings. The lowest BCUT2D eigenvalue weighted by atomic mass is 10.0. The number of fused-ring (bicyclic) bond motifs is 1. The molecule has 31 heavy (non-hydrogen) atoms. The van der Waals surface area contributed by atoms with Crippen LogP contribution in [-0.2, 0) is 19.6 Å². The molecule has 2 aliphatic rings. The Hall–Kier alpha value is -2.38. The molecule has 1 aromatic carbocycles. The van der Waals surface area contributed by atoms with E-state index in [2.05, 4.69) is 5.32 Å². The monoisotopic (exact) mass is 467 g/mol. The van der Waals surface area contributed by atoms with Crippen molar-refractivity contribution in [3.63, 3.8) is 0 Å². The lowest BCUT2D eigenvalue weighted by Crippen LogP contribution is -2.45. The molecule has 0 spiro atoms. The van der Waals surface area contributed by atoms with Gasteiger partial charge in [-0.05, 0) is 43.7 Å². The van der Waals surface area contributed by atoms with Crippen molar-refractivity contribution in [1.82, 2.24) is 14.5 Å². The Labute approximate surface area is 177 Å². The molecule has 1 aromatic rings. The average Bonchev–Trinajstić information content (AvgIpc) is 3.27. The van der Waals surface area contributed by atoms with Crippen LogP contribution in [-0.4, -0.2) is 87.2 Å². The molecule has 1 amide bonds. The second-order valence-corrected chi connectivity index (χ2v) is 9.10. The molecule has 2 heterocycles. The number of sulfonamides is 1. The molecule has 3 rings (SSSR count). The summed E-state index contributed by atoms with van der Waals surface area (Å²) in [5.41, 5.74) is 0. The van der Waals surface area contributed by atoms with Crippen molar-refractivity contribution < 1.29 is 41.0 Å². The lowest BCUT2D eigenvalue weighted by Gasteiger charge is -2.25. The van der Waals surface area contributed by atoms with Crippen LogP contribution in [0, 0.1) is 5.92 Å². The first kappa shape index (κ1) is 24.9. The van der Waals surface area contributed by atoms with Crippen molar-refractivity contribution >= 4 is 21.9 Å². The van der Waals surface area contributed by atoms with Crippen molar-refractivity contribution in [2.75, 3.05) is 34.3 Å². The van der Waals surface area contributed by atoms with Gasteiger partial charge in [0, 0.05) is 26.2 Å². The first-order valence-corrected chi connectivity index (χ1v) is 10.6. The Kier molecular flexibility index (Phi) is 7.55. The number of nitrogens with zero attached hydrogens (tertiary/aromatic N) is 2. The number of methoxy groups -OCH3 is 1. The van der Waals surface area contributed by atoms with Crippen molar-refractivity contribution in [2.45, 2.75) is 29.6 Å².